The molecule has 11 heteroatoms. The van der Waals surface area contributed by atoms with E-state index in [4.69, 9.17) is 51.1 Å². The molecule has 0 radical (unpaired) electrons. The van der Waals surface area contributed by atoms with Gasteiger partial charge < -0.3 is 10.1 Å². The number of amides is 3. The van der Waals surface area contributed by atoms with E-state index in [1.54, 1.807) is 4.90 Å². The van der Waals surface area contributed by atoms with Crippen LogP contribution in [-0.4, -0.2) is 42.3 Å². The van der Waals surface area contributed by atoms with Gasteiger partial charge in [0.25, 0.3) is 5.91 Å². The molecule has 3 amide bonds. The predicted octanol–water partition coefficient (Wildman–Crippen LogP) is 5.38. The average Bonchev–Trinajstić information content (AvgIpc) is 3.40. The van der Waals surface area contributed by atoms with Crippen LogP contribution in [0, 0.1) is 17.2 Å². The highest BCUT2D eigenvalue weighted by molar-refractivity contribution is 6.39. The summed E-state index contributed by atoms with van der Waals surface area (Å²) in [6, 6.07) is 4.62. The Kier molecular flexibility index (Phi) is 4.73. The third-order valence-corrected chi connectivity index (χ3v) is 8.50. The number of benzene rings is 2. The molecule has 7 nitrogen and oxygen atoms in total. The van der Waals surface area contributed by atoms with Gasteiger partial charge in [-0.2, -0.15) is 0 Å². The molecule has 0 saturated carbocycles. The zero-order chi connectivity index (χ0) is 27.7. The third kappa shape index (κ3) is 2.95. The van der Waals surface area contributed by atoms with Gasteiger partial charge in [-0.3, -0.25) is 19.3 Å². The second-order valence-electron chi connectivity index (χ2n) is 10.2. The van der Waals surface area contributed by atoms with Gasteiger partial charge in [0.1, 0.15) is 5.54 Å². The van der Waals surface area contributed by atoms with E-state index in [1.807, 2.05) is 13.8 Å². The van der Waals surface area contributed by atoms with Gasteiger partial charge in [-0.05, 0) is 36.1 Å². The SMILES string of the molecule is [2H]C12C(=O)N(c3cc(Cl)c(OC)c(Cl)c3)C(=O)C1([2H])C1(C(=O)Nc3c(Cl)cc(Cl)cc31)N1CC(C)(C)CC12. The van der Waals surface area contributed by atoms with Crippen LogP contribution in [0.25, 0.3) is 0 Å². The molecule has 4 aliphatic heterocycles. The minimum absolute atomic E-state index is 0.0230. The van der Waals surface area contributed by atoms with Crippen molar-refractivity contribution in [3.8, 4) is 5.75 Å². The second kappa shape index (κ2) is 7.74. The third-order valence-electron chi connectivity index (χ3n) is 7.42. The number of hydrogen-bond donors (Lipinski definition) is 1. The Balaban J connectivity index is 1.66. The van der Waals surface area contributed by atoms with Crippen LogP contribution >= 0.6 is 46.4 Å². The number of imide groups is 1. The highest BCUT2D eigenvalue weighted by Crippen LogP contribution is 2.63. The lowest BCUT2D eigenvalue weighted by Gasteiger charge is -2.37. The van der Waals surface area contributed by atoms with Gasteiger partial charge in [-0.1, -0.05) is 60.3 Å². The Bertz CT molecular complexity index is 1480. The van der Waals surface area contributed by atoms with Crippen molar-refractivity contribution in [3.63, 3.8) is 0 Å². The molecule has 0 bridgehead atoms. The summed E-state index contributed by atoms with van der Waals surface area (Å²) in [5.74, 6) is -7.50. The van der Waals surface area contributed by atoms with Crippen LogP contribution in [0.2, 0.25) is 20.1 Å². The molecule has 0 aromatic heterocycles. The highest BCUT2D eigenvalue weighted by atomic mass is 35.5. The molecule has 36 heavy (non-hydrogen) atoms. The van der Waals surface area contributed by atoms with Crippen molar-refractivity contribution >= 4 is 75.5 Å². The van der Waals surface area contributed by atoms with E-state index in [-0.39, 0.29) is 49.3 Å². The fourth-order valence-corrected chi connectivity index (χ4v) is 7.35. The number of methoxy groups -OCH3 is 1. The summed E-state index contributed by atoms with van der Waals surface area (Å²) in [6.07, 6.45) is 0.298. The second-order valence-corrected chi connectivity index (χ2v) is 11.8. The van der Waals surface area contributed by atoms with Crippen LogP contribution in [0.15, 0.2) is 24.3 Å². The fraction of sp³-hybridized carbons (Fsp3) is 0.400. The molecule has 1 N–H and O–H groups in total. The molecule has 4 heterocycles. The molecule has 3 fully saturated rings. The number of anilines is 2. The number of nitrogens with zero attached hydrogens (tertiary/aromatic N) is 2. The molecule has 0 aliphatic carbocycles. The van der Waals surface area contributed by atoms with E-state index >= 15 is 0 Å². The summed E-state index contributed by atoms with van der Waals surface area (Å²) in [6.45, 7) is 4.17. The molecule has 4 atom stereocenters. The van der Waals surface area contributed by atoms with Crippen LogP contribution in [0.1, 0.15) is 28.6 Å². The predicted molar refractivity (Wildman–Crippen MR) is 138 cm³/mol. The van der Waals surface area contributed by atoms with E-state index in [0.29, 0.717) is 6.42 Å². The molecule has 4 aliphatic rings. The molecule has 6 rings (SSSR count). The maximum atomic E-state index is 14.4. The summed E-state index contributed by atoms with van der Waals surface area (Å²) in [5.41, 5.74) is -2.10. The van der Waals surface area contributed by atoms with Gasteiger partial charge in [-0.25, -0.2) is 4.90 Å². The number of ether oxygens (including phenoxy) is 1. The van der Waals surface area contributed by atoms with Gasteiger partial charge in [-0.15, -0.1) is 0 Å². The Morgan fingerprint density at radius 3 is 2.33 bits per heavy atom. The van der Waals surface area contributed by atoms with Crippen molar-refractivity contribution < 1.29 is 21.9 Å². The summed E-state index contributed by atoms with van der Waals surface area (Å²) in [5, 5.41) is 3.11. The number of nitrogens with one attached hydrogen (secondary N) is 1. The molecule has 1 spiro atoms. The van der Waals surface area contributed by atoms with Gasteiger partial charge >= 0.3 is 0 Å². The average molecular weight is 571 g/mol. The molecule has 3 saturated heterocycles. The first-order valence-electron chi connectivity index (χ1n) is 12.2. The smallest absolute Gasteiger partial charge is 0.250 e. The largest absolute Gasteiger partial charge is 0.494 e. The Morgan fingerprint density at radius 2 is 1.69 bits per heavy atom. The summed E-state index contributed by atoms with van der Waals surface area (Å²) in [7, 11) is 1.37. The van der Waals surface area contributed by atoms with Crippen LogP contribution in [0.4, 0.5) is 11.4 Å². The van der Waals surface area contributed by atoms with Crippen molar-refractivity contribution in [1.82, 2.24) is 4.90 Å². The first-order chi connectivity index (χ1) is 17.7. The summed E-state index contributed by atoms with van der Waals surface area (Å²) in [4.78, 5) is 45.1. The van der Waals surface area contributed by atoms with Crippen molar-refractivity contribution in [1.29, 1.82) is 0 Å². The molecule has 4 unspecified atom stereocenters. The monoisotopic (exact) mass is 569 g/mol. The number of fused-ring (bicyclic) bond motifs is 7. The first kappa shape index (κ1) is 22.0. The number of hydrogen-bond acceptors (Lipinski definition) is 5. The Morgan fingerprint density at radius 1 is 1.03 bits per heavy atom. The molecule has 188 valence electrons. The Hall–Kier alpha value is -2.03. The molecular formula is C25H21Cl4N3O4. The number of rotatable bonds is 2. The van der Waals surface area contributed by atoms with Crippen LogP contribution in [0.5, 0.6) is 5.75 Å². The minimum Gasteiger partial charge on any atom is -0.494 e. The minimum atomic E-state index is -2.60. The first-order valence-corrected chi connectivity index (χ1v) is 12.7. The van der Waals surface area contributed by atoms with Gasteiger partial charge in [0.05, 0.1) is 45.3 Å². The Labute approximate surface area is 230 Å². The normalized spacial score (nSPS) is 35.0. The number of carbonyl (C=O) groups excluding carboxylic acids is 3. The zero-order valence-electron chi connectivity index (χ0n) is 21.3. The van der Waals surface area contributed by atoms with Crippen LogP contribution in [-0.2, 0) is 19.9 Å². The van der Waals surface area contributed by atoms with Crippen molar-refractivity contribution in [2.75, 3.05) is 23.9 Å². The summed E-state index contributed by atoms with van der Waals surface area (Å²) < 4.78 is 24.6. The number of halogens is 4. The standard InChI is InChI=1S/C25H21Cl4N3O4/c1-24(2)8-16-17-18(22(34)32(21(17)33)11-6-14(28)20(36-3)15(29)7-11)25(31(16)9-24)12-4-10(26)5-13(27)19(12)30-23(25)35/h4-7,16-18H,8-9H2,1-3H3,(H,30,35)/i17D,18D. The highest BCUT2D eigenvalue weighted by Gasteiger charge is 2.76. The lowest BCUT2D eigenvalue weighted by molar-refractivity contribution is -0.135. The fourth-order valence-electron chi connectivity index (χ4n) is 6.18. The topological polar surface area (TPSA) is 78.9 Å². The van der Waals surface area contributed by atoms with Crippen LogP contribution < -0.4 is 15.0 Å². The van der Waals surface area contributed by atoms with Crippen molar-refractivity contribution in [2.45, 2.75) is 31.8 Å². The van der Waals surface area contributed by atoms with E-state index in [2.05, 4.69) is 5.32 Å². The van der Waals surface area contributed by atoms with E-state index in [9.17, 15) is 17.1 Å². The van der Waals surface area contributed by atoms with E-state index in [1.165, 1.54) is 31.4 Å². The van der Waals surface area contributed by atoms with Gasteiger partial charge in [0.15, 0.2) is 5.75 Å². The molecule has 2 aromatic rings. The maximum absolute atomic E-state index is 14.4. The lowest BCUT2D eigenvalue weighted by Crippen LogP contribution is -2.54. The maximum Gasteiger partial charge on any atom is 0.250 e. The van der Waals surface area contributed by atoms with Gasteiger partial charge in [0.2, 0.25) is 11.8 Å². The molecular weight excluding hydrogens is 548 g/mol. The lowest BCUT2D eigenvalue weighted by atomic mass is 9.73. The van der Waals surface area contributed by atoms with Gasteiger partial charge in [0, 0.05) is 25.9 Å². The van der Waals surface area contributed by atoms with Crippen molar-refractivity contribution in [3.05, 3.63) is 49.9 Å². The quantitative estimate of drug-likeness (QED) is 0.491. The summed E-state index contributed by atoms with van der Waals surface area (Å²) >= 11 is 25.4. The molecule has 2 aromatic carbocycles. The van der Waals surface area contributed by atoms with E-state index < -0.39 is 46.5 Å². The van der Waals surface area contributed by atoms with Crippen LogP contribution in [0.3, 0.4) is 0 Å². The van der Waals surface area contributed by atoms with Crippen molar-refractivity contribution in [2.24, 2.45) is 17.2 Å². The number of carbonyl (C=O) groups is 3. The van der Waals surface area contributed by atoms with E-state index in [0.717, 1.165) is 4.90 Å². The zero-order valence-corrected chi connectivity index (χ0v) is 22.4.